The van der Waals surface area contributed by atoms with Crippen molar-refractivity contribution in [2.45, 2.75) is 33.3 Å². The van der Waals surface area contributed by atoms with Gasteiger partial charge in [-0.1, -0.05) is 12.1 Å². The molecule has 0 amide bonds. The van der Waals surface area contributed by atoms with Crippen molar-refractivity contribution in [3.8, 4) is 5.75 Å². The van der Waals surface area contributed by atoms with E-state index in [9.17, 15) is 9.59 Å². The lowest BCUT2D eigenvalue weighted by Crippen LogP contribution is -2.29. The van der Waals surface area contributed by atoms with Crippen molar-refractivity contribution in [2.75, 3.05) is 6.61 Å². The number of carbonyl (C=O) groups excluding carboxylic acids is 2. The van der Waals surface area contributed by atoms with Crippen LogP contribution in [0.5, 0.6) is 5.75 Å². The zero-order valence-electron chi connectivity index (χ0n) is 11.1. The molecule has 0 N–H and O–H groups in total. The van der Waals surface area contributed by atoms with Crippen LogP contribution < -0.4 is 4.74 Å². The van der Waals surface area contributed by atoms with E-state index < -0.39 is 17.4 Å². The van der Waals surface area contributed by atoms with Gasteiger partial charge in [-0.25, -0.2) is 4.79 Å². The molecule has 0 saturated heterocycles. The highest BCUT2D eigenvalue weighted by Gasteiger charge is 2.26. The lowest BCUT2D eigenvalue weighted by Gasteiger charge is -2.19. The Kier molecular flexibility index (Phi) is 4.48. The Hall–Kier alpha value is -1.84. The number of esters is 1. The van der Waals surface area contributed by atoms with Crippen LogP contribution in [0.4, 0.5) is 0 Å². The monoisotopic (exact) mass is 250 g/mol. The van der Waals surface area contributed by atoms with Gasteiger partial charge < -0.3 is 9.47 Å². The third-order valence-electron chi connectivity index (χ3n) is 2.02. The first kappa shape index (κ1) is 14.2. The quantitative estimate of drug-likeness (QED) is 0.468. The average molecular weight is 250 g/mol. The van der Waals surface area contributed by atoms with Gasteiger partial charge in [0, 0.05) is 0 Å². The summed E-state index contributed by atoms with van der Waals surface area (Å²) in [5.41, 5.74) is -0.457. The number of hydrogen-bond donors (Lipinski definition) is 0. The Morgan fingerprint density at radius 2 is 1.78 bits per heavy atom. The molecule has 1 aromatic rings. The molecule has 0 fully saturated rings. The first-order valence-corrected chi connectivity index (χ1v) is 5.84. The smallest absolute Gasteiger partial charge is 0.380 e. The molecule has 1 aromatic carbocycles. The Labute approximate surface area is 107 Å². The number of hydrogen-bond acceptors (Lipinski definition) is 4. The van der Waals surface area contributed by atoms with E-state index in [-0.39, 0.29) is 5.56 Å². The summed E-state index contributed by atoms with van der Waals surface area (Å²) in [5.74, 6) is -1.15. The van der Waals surface area contributed by atoms with Crippen molar-refractivity contribution in [1.82, 2.24) is 0 Å². The maximum absolute atomic E-state index is 12.0. The SMILES string of the molecule is CCOc1ccccc1C(=O)C(=O)OC(C)(C)C. The number of para-hydroxylation sites is 1. The predicted octanol–water partition coefficient (Wildman–Crippen LogP) is 2.61. The Morgan fingerprint density at radius 3 is 2.33 bits per heavy atom. The average Bonchev–Trinajstić information content (AvgIpc) is 2.27. The third kappa shape index (κ3) is 3.87. The molecule has 4 nitrogen and oxygen atoms in total. The second kappa shape index (κ2) is 5.67. The summed E-state index contributed by atoms with van der Waals surface area (Å²) in [5, 5.41) is 0. The zero-order valence-corrected chi connectivity index (χ0v) is 11.1. The molecule has 0 radical (unpaired) electrons. The molecule has 0 atom stereocenters. The van der Waals surface area contributed by atoms with Crippen molar-refractivity contribution in [3.63, 3.8) is 0 Å². The van der Waals surface area contributed by atoms with Crippen molar-refractivity contribution in [3.05, 3.63) is 29.8 Å². The molecule has 0 saturated carbocycles. The molecular weight excluding hydrogens is 232 g/mol. The second-order valence-electron chi connectivity index (χ2n) is 4.76. The number of benzene rings is 1. The first-order chi connectivity index (χ1) is 8.35. The molecule has 0 aliphatic carbocycles. The summed E-state index contributed by atoms with van der Waals surface area (Å²) in [6, 6.07) is 6.63. The normalized spacial score (nSPS) is 10.9. The van der Waals surface area contributed by atoms with Crippen LogP contribution >= 0.6 is 0 Å². The van der Waals surface area contributed by atoms with Crippen molar-refractivity contribution in [1.29, 1.82) is 0 Å². The fourth-order valence-electron chi connectivity index (χ4n) is 1.37. The van der Waals surface area contributed by atoms with Gasteiger partial charge in [0.15, 0.2) is 0 Å². The molecule has 0 bridgehead atoms. The molecule has 1 rings (SSSR count). The molecule has 98 valence electrons. The maximum atomic E-state index is 12.0. The van der Waals surface area contributed by atoms with Gasteiger partial charge in [0.25, 0.3) is 5.78 Å². The van der Waals surface area contributed by atoms with Crippen LogP contribution in [0.15, 0.2) is 24.3 Å². The minimum absolute atomic E-state index is 0.230. The fraction of sp³-hybridized carbons (Fsp3) is 0.429. The molecule has 0 spiro atoms. The Balaban J connectivity index is 2.93. The van der Waals surface area contributed by atoms with Crippen LogP contribution in [0.25, 0.3) is 0 Å². The van der Waals surface area contributed by atoms with Crippen molar-refractivity contribution in [2.24, 2.45) is 0 Å². The third-order valence-corrected chi connectivity index (χ3v) is 2.02. The van der Waals surface area contributed by atoms with E-state index in [0.717, 1.165) is 0 Å². The zero-order chi connectivity index (χ0) is 13.8. The van der Waals surface area contributed by atoms with E-state index in [0.29, 0.717) is 12.4 Å². The van der Waals surface area contributed by atoms with Gasteiger partial charge in [0.1, 0.15) is 11.4 Å². The first-order valence-electron chi connectivity index (χ1n) is 5.84. The molecular formula is C14H18O4. The summed E-state index contributed by atoms with van der Waals surface area (Å²) >= 11 is 0. The van der Waals surface area contributed by atoms with Crippen LogP contribution in [-0.4, -0.2) is 24.0 Å². The summed E-state index contributed by atoms with van der Waals surface area (Å²) in [6.07, 6.45) is 0. The van der Waals surface area contributed by atoms with E-state index in [1.165, 1.54) is 0 Å². The highest BCUT2D eigenvalue weighted by molar-refractivity contribution is 6.41. The minimum Gasteiger partial charge on any atom is -0.493 e. The predicted molar refractivity (Wildman–Crippen MR) is 67.8 cm³/mol. The highest BCUT2D eigenvalue weighted by Crippen LogP contribution is 2.20. The minimum atomic E-state index is -0.866. The van der Waals surface area contributed by atoms with Gasteiger partial charge in [-0.3, -0.25) is 4.79 Å². The van der Waals surface area contributed by atoms with Crippen molar-refractivity contribution < 1.29 is 19.1 Å². The van der Waals surface area contributed by atoms with E-state index in [1.54, 1.807) is 45.0 Å². The lowest BCUT2D eigenvalue weighted by molar-refractivity contribution is -0.148. The molecule has 0 heterocycles. The van der Waals surface area contributed by atoms with Crippen LogP contribution in [0, 0.1) is 0 Å². The van der Waals surface area contributed by atoms with E-state index in [2.05, 4.69) is 0 Å². The van der Waals surface area contributed by atoms with Gasteiger partial charge in [-0.15, -0.1) is 0 Å². The standard InChI is InChI=1S/C14H18O4/c1-5-17-11-9-7-6-8-10(11)12(15)13(16)18-14(2,3)4/h6-9H,5H2,1-4H3. The largest absolute Gasteiger partial charge is 0.493 e. The molecule has 0 unspecified atom stereocenters. The number of Topliss-reactive ketones (excluding diaryl/α,β-unsaturated/α-hetero) is 1. The Morgan fingerprint density at radius 1 is 1.17 bits per heavy atom. The summed E-state index contributed by atoms with van der Waals surface area (Å²) in [6.45, 7) is 7.39. The van der Waals surface area contributed by atoms with Gasteiger partial charge in [0.2, 0.25) is 0 Å². The van der Waals surface area contributed by atoms with Gasteiger partial charge >= 0.3 is 5.97 Å². The molecule has 0 aliphatic rings. The van der Waals surface area contributed by atoms with E-state index in [4.69, 9.17) is 9.47 Å². The number of ether oxygens (including phenoxy) is 2. The van der Waals surface area contributed by atoms with E-state index >= 15 is 0 Å². The molecule has 0 aliphatic heterocycles. The molecule has 4 heteroatoms. The lowest BCUT2D eigenvalue weighted by atomic mass is 10.1. The number of rotatable bonds is 4. The maximum Gasteiger partial charge on any atom is 0.380 e. The number of carbonyl (C=O) groups is 2. The molecule has 18 heavy (non-hydrogen) atoms. The number of ketones is 1. The summed E-state index contributed by atoms with van der Waals surface area (Å²) in [4.78, 5) is 23.7. The fourth-order valence-corrected chi connectivity index (χ4v) is 1.37. The van der Waals surface area contributed by atoms with Crippen LogP contribution in [0.1, 0.15) is 38.1 Å². The summed E-state index contributed by atoms with van der Waals surface area (Å²) < 4.78 is 10.4. The highest BCUT2D eigenvalue weighted by atomic mass is 16.6. The Bertz CT molecular complexity index is 443. The molecule has 0 aromatic heterocycles. The van der Waals surface area contributed by atoms with Crippen molar-refractivity contribution >= 4 is 11.8 Å². The van der Waals surface area contributed by atoms with Gasteiger partial charge in [-0.2, -0.15) is 0 Å². The second-order valence-corrected chi connectivity index (χ2v) is 4.76. The van der Waals surface area contributed by atoms with E-state index in [1.807, 2.05) is 6.92 Å². The summed E-state index contributed by atoms with van der Waals surface area (Å²) in [7, 11) is 0. The van der Waals surface area contributed by atoms with Crippen LogP contribution in [-0.2, 0) is 9.53 Å². The van der Waals surface area contributed by atoms with Gasteiger partial charge in [0.05, 0.1) is 12.2 Å². The van der Waals surface area contributed by atoms with Crippen LogP contribution in [0.2, 0.25) is 0 Å². The topological polar surface area (TPSA) is 52.6 Å². The van der Waals surface area contributed by atoms with Gasteiger partial charge in [-0.05, 0) is 39.8 Å². The van der Waals surface area contributed by atoms with Crippen LogP contribution in [0.3, 0.4) is 0 Å².